The van der Waals surface area contributed by atoms with Gasteiger partial charge in [-0.1, -0.05) is 42.0 Å². The highest BCUT2D eigenvalue weighted by molar-refractivity contribution is 5.85. The van der Waals surface area contributed by atoms with Crippen LogP contribution in [0.5, 0.6) is 0 Å². The van der Waals surface area contributed by atoms with E-state index in [-0.39, 0.29) is 5.97 Å². The van der Waals surface area contributed by atoms with Gasteiger partial charge in [0.25, 0.3) is 0 Å². The van der Waals surface area contributed by atoms with Crippen LogP contribution in [0.3, 0.4) is 0 Å². The molecule has 0 spiro atoms. The van der Waals surface area contributed by atoms with E-state index in [1.165, 1.54) is 34.7 Å². The summed E-state index contributed by atoms with van der Waals surface area (Å²) in [5.41, 5.74) is 6.08. The van der Waals surface area contributed by atoms with Crippen LogP contribution in [0.4, 0.5) is 0 Å². The van der Waals surface area contributed by atoms with Gasteiger partial charge in [-0.3, -0.25) is 4.79 Å². The lowest BCUT2D eigenvalue weighted by atomic mass is 10.0. The van der Waals surface area contributed by atoms with Gasteiger partial charge in [-0.15, -0.1) is 0 Å². The van der Waals surface area contributed by atoms with Crippen LogP contribution in [0.1, 0.15) is 29.3 Å². The molecule has 0 aliphatic rings. The minimum atomic E-state index is -0.231. The first-order valence-electron chi connectivity index (χ1n) is 7.91. The zero-order chi connectivity index (χ0) is 16.2. The topological polar surface area (TPSA) is 42.1 Å². The summed E-state index contributed by atoms with van der Waals surface area (Å²) in [6, 6.07) is 16.8. The normalized spacial score (nSPS) is 10.9. The van der Waals surface area contributed by atoms with Gasteiger partial charge in [-0.25, -0.2) is 0 Å². The van der Waals surface area contributed by atoms with Crippen LogP contribution in [0, 0.1) is 6.92 Å². The summed E-state index contributed by atoms with van der Waals surface area (Å²) in [6.45, 7) is 3.96. The molecule has 3 aromatic rings. The molecule has 0 bridgehead atoms. The summed E-state index contributed by atoms with van der Waals surface area (Å²) in [6.07, 6.45) is 1.58. The molecule has 0 radical (unpaired) electrons. The fourth-order valence-electron chi connectivity index (χ4n) is 2.95. The number of aromatic nitrogens is 1. The average Bonchev–Trinajstić information content (AvgIpc) is 2.85. The van der Waals surface area contributed by atoms with Crippen molar-refractivity contribution in [1.29, 1.82) is 0 Å². The van der Waals surface area contributed by atoms with E-state index in [4.69, 9.17) is 4.74 Å². The van der Waals surface area contributed by atoms with Crippen molar-refractivity contribution in [2.75, 3.05) is 6.61 Å². The maximum absolute atomic E-state index is 11.0. The van der Waals surface area contributed by atoms with E-state index in [1.807, 2.05) is 6.07 Å². The number of nitrogens with one attached hydrogen (secondary N) is 1. The van der Waals surface area contributed by atoms with Gasteiger partial charge in [0.05, 0.1) is 6.61 Å². The van der Waals surface area contributed by atoms with Gasteiger partial charge in [-0.2, -0.15) is 0 Å². The van der Waals surface area contributed by atoms with Crippen molar-refractivity contribution in [3.8, 4) is 0 Å². The molecule has 1 N–H and O–H groups in total. The van der Waals surface area contributed by atoms with E-state index in [2.05, 4.69) is 54.4 Å². The van der Waals surface area contributed by atoms with E-state index in [0.29, 0.717) is 6.61 Å². The Balaban J connectivity index is 1.96. The number of carbonyl (C=O) groups excluding carboxylic acids is 1. The predicted molar refractivity (Wildman–Crippen MR) is 92.6 cm³/mol. The number of rotatable bonds is 5. The van der Waals surface area contributed by atoms with Crippen LogP contribution in [-0.4, -0.2) is 17.6 Å². The Bertz CT molecular complexity index is 818. The highest BCUT2D eigenvalue weighted by Crippen LogP contribution is 2.26. The molecule has 0 unspecified atom stereocenters. The minimum absolute atomic E-state index is 0.231. The number of ether oxygens (including phenoxy) is 1. The number of aryl methyl sites for hydroxylation is 1. The van der Waals surface area contributed by atoms with Gasteiger partial charge >= 0.3 is 5.97 Å². The molecule has 0 amide bonds. The van der Waals surface area contributed by atoms with E-state index in [9.17, 15) is 4.79 Å². The first-order valence-corrected chi connectivity index (χ1v) is 7.91. The van der Waals surface area contributed by atoms with Crippen molar-refractivity contribution < 1.29 is 9.53 Å². The van der Waals surface area contributed by atoms with Crippen LogP contribution >= 0.6 is 0 Å². The Hall–Kier alpha value is -2.55. The first kappa shape index (κ1) is 15.3. The number of carbonyl (C=O) groups is 1. The zero-order valence-electron chi connectivity index (χ0n) is 13.6. The molecule has 0 saturated carbocycles. The van der Waals surface area contributed by atoms with Crippen LogP contribution in [-0.2, 0) is 22.4 Å². The quantitative estimate of drug-likeness (QED) is 0.719. The second kappa shape index (κ2) is 6.69. The van der Waals surface area contributed by atoms with E-state index in [1.54, 1.807) is 0 Å². The van der Waals surface area contributed by atoms with Crippen LogP contribution in [0.2, 0.25) is 0 Å². The molecule has 2 aromatic carbocycles. The largest absolute Gasteiger partial charge is 0.466 e. The molecule has 3 nitrogen and oxygen atoms in total. The monoisotopic (exact) mass is 307 g/mol. The number of hydrogen-bond acceptors (Lipinski definition) is 2. The molecule has 23 heavy (non-hydrogen) atoms. The Kier molecular flexibility index (Phi) is 4.47. The second-order valence-corrected chi connectivity index (χ2v) is 5.88. The number of fused-ring (bicyclic) bond motifs is 1. The molecule has 0 aliphatic heterocycles. The number of aromatic amines is 1. The number of benzene rings is 2. The van der Waals surface area contributed by atoms with Crippen molar-refractivity contribution in [1.82, 2.24) is 4.98 Å². The van der Waals surface area contributed by atoms with Crippen molar-refractivity contribution >= 4 is 16.9 Å². The molecule has 0 saturated heterocycles. The van der Waals surface area contributed by atoms with Crippen LogP contribution < -0.4 is 0 Å². The molecule has 1 aromatic heterocycles. The molecular formula is C20H21NO2. The lowest BCUT2D eigenvalue weighted by molar-refractivity contribution is -0.140. The fraction of sp³-hybridized carbons (Fsp3) is 0.250. The summed E-state index contributed by atoms with van der Waals surface area (Å²) < 4.78 is 5.15. The lowest BCUT2D eigenvalue weighted by Crippen LogP contribution is -2.05. The number of hydrogen-bond donors (Lipinski definition) is 1. The smallest absolute Gasteiger partial charge is 0.302 e. The van der Waals surface area contributed by atoms with Crippen molar-refractivity contribution in [2.24, 2.45) is 0 Å². The summed E-state index contributed by atoms with van der Waals surface area (Å²) in [5, 5.41) is 1.23. The summed E-state index contributed by atoms with van der Waals surface area (Å²) in [5.74, 6) is -0.231. The minimum Gasteiger partial charge on any atom is -0.466 e. The molecule has 118 valence electrons. The highest BCUT2D eigenvalue weighted by Gasteiger charge is 2.12. The van der Waals surface area contributed by atoms with Gasteiger partial charge in [0.15, 0.2) is 0 Å². The van der Waals surface area contributed by atoms with E-state index < -0.39 is 0 Å². The molecule has 3 rings (SSSR count). The Morgan fingerprint density at radius 1 is 1.13 bits per heavy atom. The molecule has 0 atom stereocenters. The summed E-state index contributed by atoms with van der Waals surface area (Å²) in [4.78, 5) is 14.6. The molecule has 3 heteroatoms. The van der Waals surface area contributed by atoms with E-state index in [0.717, 1.165) is 18.4 Å². The Morgan fingerprint density at radius 3 is 2.65 bits per heavy atom. The van der Waals surface area contributed by atoms with E-state index >= 15 is 0 Å². The Morgan fingerprint density at radius 2 is 1.91 bits per heavy atom. The second-order valence-electron chi connectivity index (χ2n) is 5.88. The lowest BCUT2D eigenvalue weighted by Gasteiger charge is -2.06. The third-order valence-electron chi connectivity index (χ3n) is 4.03. The van der Waals surface area contributed by atoms with Crippen LogP contribution in [0.25, 0.3) is 10.9 Å². The van der Waals surface area contributed by atoms with Gasteiger partial charge in [0, 0.05) is 36.4 Å². The maximum Gasteiger partial charge on any atom is 0.302 e. The molecule has 0 fully saturated rings. The molecular weight excluding hydrogens is 286 g/mol. The Labute approximate surface area is 136 Å². The third-order valence-corrected chi connectivity index (χ3v) is 4.03. The predicted octanol–water partition coefficient (Wildman–Crippen LogP) is 4.17. The summed E-state index contributed by atoms with van der Waals surface area (Å²) >= 11 is 0. The maximum atomic E-state index is 11.0. The number of esters is 1. The van der Waals surface area contributed by atoms with Crippen molar-refractivity contribution in [3.63, 3.8) is 0 Å². The third kappa shape index (κ3) is 3.62. The van der Waals surface area contributed by atoms with Crippen molar-refractivity contribution in [3.05, 3.63) is 70.9 Å². The average molecular weight is 307 g/mol. The first-order chi connectivity index (χ1) is 11.1. The number of H-pyrrole nitrogens is 1. The fourth-order valence-corrected chi connectivity index (χ4v) is 2.95. The van der Waals surface area contributed by atoms with Gasteiger partial charge < -0.3 is 9.72 Å². The van der Waals surface area contributed by atoms with Crippen molar-refractivity contribution in [2.45, 2.75) is 26.7 Å². The van der Waals surface area contributed by atoms with Gasteiger partial charge in [0.1, 0.15) is 0 Å². The van der Waals surface area contributed by atoms with Crippen LogP contribution in [0.15, 0.2) is 48.5 Å². The van der Waals surface area contributed by atoms with Gasteiger partial charge in [-0.05, 0) is 30.2 Å². The molecule has 0 aliphatic carbocycles. The summed E-state index contributed by atoms with van der Waals surface area (Å²) in [7, 11) is 0. The SMILES string of the molecule is CC(=O)OCCc1c(Cc2ccccc2)[nH]c2ccc(C)cc12. The highest BCUT2D eigenvalue weighted by atomic mass is 16.5. The van der Waals surface area contributed by atoms with Gasteiger partial charge in [0.2, 0.25) is 0 Å². The zero-order valence-corrected chi connectivity index (χ0v) is 13.6. The standard InChI is InChI=1S/C20H21NO2/c1-14-8-9-19-18(12-14)17(10-11-23-15(2)22)20(21-19)13-16-6-4-3-5-7-16/h3-9,12,21H,10-11,13H2,1-2H3. The molecule has 1 heterocycles.